The molecule has 1 amide bonds. The number of benzene rings is 2. The summed E-state index contributed by atoms with van der Waals surface area (Å²) in [6, 6.07) is 12.4. The number of nitrogens with one attached hydrogen (secondary N) is 1. The molecule has 0 saturated heterocycles. The molecule has 0 spiro atoms. The molecule has 0 atom stereocenters. The largest absolute Gasteiger partial charge is 0.497 e. The van der Waals surface area contributed by atoms with Crippen molar-refractivity contribution in [3.05, 3.63) is 53.6 Å². The van der Waals surface area contributed by atoms with Gasteiger partial charge in [0.25, 0.3) is 5.91 Å². The summed E-state index contributed by atoms with van der Waals surface area (Å²) in [6.07, 6.45) is 0. The van der Waals surface area contributed by atoms with Crippen LogP contribution in [0.4, 0.5) is 0 Å². The van der Waals surface area contributed by atoms with Crippen molar-refractivity contribution in [3.8, 4) is 17.2 Å². The molecule has 1 N–H and O–H groups in total. The smallest absolute Gasteiger partial charge is 0.271 e. The van der Waals surface area contributed by atoms with E-state index < -0.39 is 0 Å². The number of nitrogens with zero attached hydrogens (tertiary/aromatic N) is 1. The van der Waals surface area contributed by atoms with Crippen LogP contribution < -0.4 is 19.6 Å². The standard InChI is InChI=1S/C17H16N2O4/c1-11(12-6-7-15-16(9-12)23-10-22-15)18-19-17(20)13-4-3-5-14(8-13)21-2/h3-9H,10H2,1-2H3,(H,19,20)/b18-11+. The molecule has 118 valence electrons. The number of hydrogen-bond donors (Lipinski definition) is 1. The van der Waals surface area contributed by atoms with Gasteiger partial charge in [-0.15, -0.1) is 0 Å². The highest BCUT2D eigenvalue weighted by molar-refractivity contribution is 6.01. The second-order valence-electron chi connectivity index (χ2n) is 4.94. The van der Waals surface area contributed by atoms with Crippen LogP contribution in [-0.4, -0.2) is 25.5 Å². The zero-order valence-corrected chi connectivity index (χ0v) is 12.8. The third-order valence-corrected chi connectivity index (χ3v) is 3.45. The lowest BCUT2D eigenvalue weighted by Gasteiger charge is -2.05. The molecule has 1 aliphatic heterocycles. The summed E-state index contributed by atoms with van der Waals surface area (Å²) in [7, 11) is 1.55. The van der Waals surface area contributed by atoms with Crippen molar-refractivity contribution in [2.75, 3.05) is 13.9 Å². The van der Waals surface area contributed by atoms with E-state index in [1.54, 1.807) is 31.4 Å². The van der Waals surface area contributed by atoms with Crippen molar-refractivity contribution >= 4 is 11.6 Å². The fraction of sp³-hybridized carbons (Fsp3) is 0.176. The molecule has 3 rings (SSSR count). The monoisotopic (exact) mass is 312 g/mol. The first-order chi connectivity index (χ1) is 11.2. The first-order valence-electron chi connectivity index (χ1n) is 7.06. The quantitative estimate of drug-likeness (QED) is 0.696. The predicted molar refractivity (Wildman–Crippen MR) is 85.2 cm³/mol. The Labute approximate surface area is 133 Å². The summed E-state index contributed by atoms with van der Waals surface area (Å²) >= 11 is 0. The van der Waals surface area contributed by atoms with Crippen LogP contribution >= 0.6 is 0 Å². The van der Waals surface area contributed by atoms with E-state index in [9.17, 15) is 4.79 Å². The fourth-order valence-electron chi connectivity index (χ4n) is 2.15. The van der Waals surface area contributed by atoms with E-state index in [4.69, 9.17) is 14.2 Å². The Morgan fingerprint density at radius 2 is 1.96 bits per heavy atom. The minimum atomic E-state index is -0.302. The summed E-state index contributed by atoms with van der Waals surface area (Å²) in [5.74, 6) is 1.70. The van der Waals surface area contributed by atoms with Gasteiger partial charge in [-0.2, -0.15) is 5.10 Å². The van der Waals surface area contributed by atoms with Crippen LogP contribution in [0, 0.1) is 0 Å². The number of carbonyl (C=O) groups excluding carboxylic acids is 1. The Balaban J connectivity index is 1.72. The average molecular weight is 312 g/mol. The van der Waals surface area contributed by atoms with Gasteiger partial charge in [0, 0.05) is 11.1 Å². The molecule has 0 aromatic heterocycles. The van der Waals surface area contributed by atoms with Crippen LogP contribution in [0.1, 0.15) is 22.8 Å². The van der Waals surface area contributed by atoms with Gasteiger partial charge in [0.1, 0.15) is 5.75 Å². The Morgan fingerprint density at radius 3 is 2.78 bits per heavy atom. The molecule has 0 unspecified atom stereocenters. The average Bonchev–Trinajstić information content (AvgIpc) is 3.07. The molecule has 0 bridgehead atoms. The maximum absolute atomic E-state index is 12.1. The van der Waals surface area contributed by atoms with E-state index in [1.807, 2.05) is 25.1 Å². The minimum Gasteiger partial charge on any atom is -0.497 e. The summed E-state index contributed by atoms with van der Waals surface area (Å²) in [6.45, 7) is 2.03. The van der Waals surface area contributed by atoms with Crippen molar-refractivity contribution in [1.82, 2.24) is 5.43 Å². The van der Waals surface area contributed by atoms with Crippen LogP contribution in [0.2, 0.25) is 0 Å². The van der Waals surface area contributed by atoms with Crippen molar-refractivity contribution in [2.45, 2.75) is 6.92 Å². The lowest BCUT2D eigenvalue weighted by Crippen LogP contribution is -2.19. The van der Waals surface area contributed by atoms with Crippen molar-refractivity contribution in [3.63, 3.8) is 0 Å². The summed E-state index contributed by atoms with van der Waals surface area (Å²) < 4.78 is 15.7. The highest BCUT2D eigenvalue weighted by Gasteiger charge is 2.14. The number of carbonyl (C=O) groups is 1. The number of fused-ring (bicyclic) bond motifs is 1. The van der Waals surface area contributed by atoms with Gasteiger partial charge < -0.3 is 14.2 Å². The Hall–Kier alpha value is -3.02. The molecule has 0 fully saturated rings. The highest BCUT2D eigenvalue weighted by Crippen LogP contribution is 2.32. The minimum absolute atomic E-state index is 0.224. The summed E-state index contributed by atoms with van der Waals surface area (Å²) in [4.78, 5) is 12.1. The van der Waals surface area contributed by atoms with Gasteiger partial charge in [0.15, 0.2) is 11.5 Å². The predicted octanol–water partition coefficient (Wildman–Crippen LogP) is 2.58. The zero-order valence-electron chi connectivity index (χ0n) is 12.8. The lowest BCUT2D eigenvalue weighted by molar-refractivity contribution is 0.0954. The van der Waals surface area contributed by atoms with Crippen LogP contribution in [0.25, 0.3) is 0 Å². The number of rotatable bonds is 4. The van der Waals surface area contributed by atoms with E-state index in [-0.39, 0.29) is 12.7 Å². The van der Waals surface area contributed by atoms with Crippen LogP contribution in [0.5, 0.6) is 17.2 Å². The van der Waals surface area contributed by atoms with Gasteiger partial charge in [-0.1, -0.05) is 6.07 Å². The van der Waals surface area contributed by atoms with Crippen molar-refractivity contribution in [2.24, 2.45) is 5.10 Å². The molecule has 0 aliphatic carbocycles. The summed E-state index contributed by atoms with van der Waals surface area (Å²) in [5.41, 5.74) is 4.53. The Kier molecular flexibility index (Phi) is 4.14. The zero-order chi connectivity index (χ0) is 16.2. The molecule has 0 radical (unpaired) electrons. The highest BCUT2D eigenvalue weighted by atomic mass is 16.7. The van der Waals surface area contributed by atoms with Gasteiger partial charge in [0.05, 0.1) is 12.8 Å². The van der Waals surface area contributed by atoms with Gasteiger partial charge in [-0.25, -0.2) is 5.43 Å². The molecule has 2 aromatic rings. The molecule has 1 heterocycles. The molecule has 6 heteroatoms. The van der Waals surface area contributed by atoms with E-state index in [1.165, 1.54) is 0 Å². The van der Waals surface area contributed by atoms with Crippen LogP contribution in [-0.2, 0) is 0 Å². The van der Waals surface area contributed by atoms with E-state index in [2.05, 4.69) is 10.5 Å². The molecular formula is C17H16N2O4. The number of hydrazone groups is 1. The van der Waals surface area contributed by atoms with E-state index in [0.29, 0.717) is 28.5 Å². The third-order valence-electron chi connectivity index (χ3n) is 3.45. The number of methoxy groups -OCH3 is 1. The molecule has 1 aliphatic rings. The summed E-state index contributed by atoms with van der Waals surface area (Å²) in [5, 5.41) is 4.13. The van der Waals surface area contributed by atoms with Gasteiger partial charge >= 0.3 is 0 Å². The maximum Gasteiger partial charge on any atom is 0.271 e. The van der Waals surface area contributed by atoms with Gasteiger partial charge in [0.2, 0.25) is 6.79 Å². The Morgan fingerprint density at radius 1 is 1.13 bits per heavy atom. The topological polar surface area (TPSA) is 69.2 Å². The molecule has 0 saturated carbocycles. The number of ether oxygens (including phenoxy) is 3. The second kappa shape index (κ2) is 6.39. The van der Waals surface area contributed by atoms with Crippen LogP contribution in [0.15, 0.2) is 47.6 Å². The number of hydrogen-bond acceptors (Lipinski definition) is 5. The van der Waals surface area contributed by atoms with Crippen LogP contribution in [0.3, 0.4) is 0 Å². The van der Waals surface area contributed by atoms with E-state index in [0.717, 1.165) is 5.56 Å². The normalized spacial score (nSPS) is 12.9. The Bertz CT molecular complexity index is 771. The lowest BCUT2D eigenvalue weighted by atomic mass is 10.1. The fourth-order valence-corrected chi connectivity index (χ4v) is 2.15. The molecule has 2 aromatic carbocycles. The van der Waals surface area contributed by atoms with Crippen molar-refractivity contribution in [1.29, 1.82) is 0 Å². The van der Waals surface area contributed by atoms with Gasteiger partial charge in [-0.3, -0.25) is 4.79 Å². The first kappa shape index (κ1) is 14.9. The SMILES string of the molecule is COc1cccc(C(=O)N/N=C(\C)c2ccc3c(c2)OCO3)c1. The molecule has 6 nitrogen and oxygen atoms in total. The number of amides is 1. The molecular weight excluding hydrogens is 296 g/mol. The van der Waals surface area contributed by atoms with Gasteiger partial charge in [-0.05, 0) is 43.3 Å². The maximum atomic E-state index is 12.1. The second-order valence-corrected chi connectivity index (χ2v) is 4.94. The van der Waals surface area contributed by atoms with Crippen molar-refractivity contribution < 1.29 is 19.0 Å². The van der Waals surface area contributed by atoms with E-state index >= 15 is 0 Å². The third kappa shape index (κ3) is 3.26. The molecule has 23 heavy (non-hydrogen) atoms. The first-order valence-corrected chi connectivity index (χ1v) is 7.06.